The largest absolute Gasteiger partial charge is 0.336 e. The number of piperazine rings is 1. The maximum absolute atomic E-state index is 12.5. The van der Waals surface area contributed by atoms with Gasteiger partial charge >= 0.3 is 0 Å². The Balaban J connectivity index is 1.98. The molecule has 1 amide bonds. The quantitative estimate of drug-likeness (QED) is 0.770. The second-order valence-electron chi connectivity index (χ2n) is 5.87. The summed E-state index contributed by atoms with van der Waals surface area (Å²) in [6, 6.07) is 0.0366. The maximum atomic E-state index is 12.5. The van der Waals surface area contributed by atoms with E-state index in [0.717, 1.165) is 45.6 Å². The van der Waals surface area contributed by atoms with E-state index in [2.05, 4.69) is 35.9 Å². The number of nitrogens with one attached hydrogen (secondary N) is 1. The van der Waals surface area contributed by atoms with E-state index in [1.54, 1.807) is 0 Å². The van der Waals surface area contributed by atoms with Gasteiger partial charge in [-0.25, -0.2) is 0 Å². The van der Waals surface area contributed by atoms with Crippen LogP contribution in [0.1, 0.15) is 33.6 Å². The molecular formula is C13H25N3O. The summed E-state index contributed by atoms with van der Waals surface area (Å²) in [5.41, 5.74) is 0.0549. The highest BCUT2D eigenvalue weighted by molar-refractivity contribution is 5.82. The zero-order valence-corrected chi connectivity index (χ0v) is 11.3. The lowest BCUT2D eigenvalue weighted by atomic mass is 10.0. The summed E-state index contributed by atoms with van der Waals surface area (Å²) in [6.45, 7) is 11.3. The fraction of sp³-hybridized carbons (Fsp3) is 0.923. The first-order valence-electron chi connectivity index (χ1n) is 6.78. The first-order chi connectivity index (χ1) is 8.02. The van der Waals surface area contributed by atoms with Gasteiger partial charge in [-0.15, -0.1) is 0 Å². The molecule has 4 nitrogen and oxygen atoms in total. The highest BCUT2D eigenvalue weighted by Crippen LogP contribution is 2.29. The van der Waals surface area contributed by atoms with Gasteiger partial charge in [-0.1, -0.05) is 0 Å². The Hall–Kier alpha value is -0.610. The van der Waals surface area contributed by atoms with Crippen molar-refractivity contribution in [1.29, 1.82) is 0 Å². The summed E-state index contributed by atoms with van der Waals surface area (Å²) in [6.07, 6.45) is 2.28. The van der Waals surface area contributed by atoms with Crippen molar-refractivity contribution >= 4 is 5.91 Å². The van der Waals surface area contributed by atoms with Crippen molar-refractivity contribution < 1.29 is 4.79 Å². The van der Waals surface area contributed by atoms with Crippen LogP contribution in [0, 0.1) is 0 Å². The molecule has 2 saturated heterocycles. The Kier molecular flexibility index (Phi) is 3.73. The Morgan fingerprint density at radius 2 is 1.88 bits per heavy atom. The lowest BCUT2D eigenvalue weighted by Crippen LogP contribution is -2.55. The summed E-state index contributed by atoms with van der Waals surface area (Å²) >= 11 is 0. The van der Waals surface area contributed by atoms with Crippen molar-refractivity contribution in [2.75, 3.05) is 32.7 Å². The fourth-order valence-electron chi connectivity index (χ4n) is 2.97. The smallest absolute Gasteiger partial charge is 0.240 e. The normalized spacial score (nSPS) is 27.1. The molecule has 1 N–H and O–H groups in total. The summed E-state index contributed by atoms with van der Waals surface area (Å²) in [7, 11) is 0. The molecule has 0 aromatic carbocycles. The second kappa shape index (κ2) is 4.94. The SMILES string of the molecule is CC(C(=O)N1CCCC1(C)C)N1CCNCC1. The lowest BCUT2D eigenvalue weighted by molar-refractivity contribution is -0.139. The van der Waals surface area contributed by atoms with Crippen LogP contribution in [0.15, 0.2) is 0 Å². The fourth-order valence-corrected chi connectivity index (χ4v) is 2.97. The topological polar surface area (TPSA) is 35.6 Å². The monoisotopic (exact) mass is 239 g/mol. The van der Waals surface area contributed by atoms with Crippen molar-refractivity contribution in [3.63, 3.8) is 0 Å². The van der Waals surface area contributed by atoms with Gasteiger partial charge in [0.25, 0.3) is 0 Å². The van der Waals surface area contributed by atoms with E-state index in [1.807, 2.05) is 0 Å². The van der Waals surface area contributed by atoms with E-state index in [9.17, 15) is 4.79 Å². The molecule has 0 aromatic rings. The van der Waals surface area contributed by atoms with Gasteiger partial charge in [-0.2, -0.15) is 0 Å². The van der Waals surface area contributed by atoms with Crippen LogP contribution in [0.25, 0.3) is 0 Å². The molecule has 17 heavy (non-hydrogen) atoms. The second-order valence-corrected chi connectivity index (χ2v) is 5.87. The molecular weight excluding hydrogens is 214 g/mol. The van der Waals surface area contributed by atoms with E-state index < -0.39 is 0 Å². The molecule has 98 valence electrons. The molecule has 0 aliphatic carbocycles. The van der Waals surface area contributed by atoms with Gasteiger partial charge in [0.2, 0.25) is 5.91 Å². The summed E-state index contributed by atoms with van der Waals surface area (Å²) in [5, 5.41) is 3.33. The number of carbonyl (C=O) groups excluding carboxylic acids is 1. The molecule has 2 heterocycles. The van der Waals surface area contributed by atoms with Crippen molar-refractivity contribution in [3.8, 4) is 0 Å². The van der Waals surface area contributed by atoms with Crippen LogP contribution in [0.2, 0.25) is 0 Å². The minimum absolute atomic E-state index is 0.0366. The summed E-state index contributed by atoms with van der Waals surface area (Å²) in [4.78, 5) is 16.9. The van der Waals surface area contributed by atoms with Crippen LogP contribution in [-0.4, -0.2) is 60.0 Å². The molecule has 0 radical (unpaired) electrons. The van der Waals surface area contributed by atoms with Crippen LogP contribution in [0.3, 0.4) is 0 Å². The van der Waals surface area contributed by atoms with Gasteiger partial charge in [-0.3, -0.25) is 9.69 Å². The third kappa shape index (κ3) is 2.63. The number of hydrogen-bond acceptors (Lipinski definition) is 3. The molecule has 0 aromatic heterocycles. The van der Waals surface area contributed by atoms with Crippen LogP contribution < -0.4 is 5.32 Å². The number of amides is 1. The highest BCUT2D eigenvalue weighted by atomic mass is 16.2. The minimum Gasteiger partial charge on any atom is -0.336 e. The summed E-state index contributed by atoms with van der Waals surface area (Å²) < 4.78 is 0. The number of rotatable bonds is 2. The average Bonchev–Trinajstić information content (AvgIpc) is 2.68. The van der Waals surface area contributed by atoms with Crippen molar-refractivity contribution in [2.45, 2.75) is 45.2 Å². The van der Waals surface area contributed by atoms with Gasteiger partial charge in [-0.05, 0) is 33.6 Å². The number of hydrogen-bond donors (Lipinski definition) is 1. The number of nitrogens with zero attached hydrogens (tertiary/aromatic N) is 2. The van der Waals surface area contributed by atoms with E-state index in [-0.39, 0.29) is 11.6 Å². The molecule has 0 saturated carbocycles. The Morgan fingerprint density at radius 1 is 1.24 bits per heavy atom. The van der Waals surface area contributed by atoms with Crippen LogP contribution in [-0.2, 0) is 4.79 Å². The van der Waals surface area contributed by atoms with Crippen molar-refractivity contribution in [1.82, 2.24) is 15.1 Å². The summed E-state index contributed by atoms with van der Waals surface area (Å²) in [5.74, 6) is 0.314. The van der Waals surface area contributed by atoms with Gasteiger partial charge in [0.1, 0.15) is 0 Å². The Morgan fingerprint density at radius 3 is 2.41 bits per heavy atom. The third-order valence-electron chi connectivity index (χ3n) is 4.22. The third-order valence-corrected chi connectivity index (χ3v) is 4.22. The molecule has 1 unspecified atom stereocenters. The van der Waals surface area contributed by atoms with Gasteiger partial charge < -0.3 is 10.2 Å². The zero-order chi connectivity index (χ0) is 12.5. The number of carbonyl (C=O) groups is 1. The highest BCUT2D eigenvalue weighted by Gasteiger charge is 2.38. The van der Waals surface area contributed by atoms with Crippen LogP contribution >= 0.6 is 0 Å². The molecule has 4 heteroatoms. The molecule has 0 bridgehead atoms. The minimum atomic E-state index is 0.0366. The first kappa shape index (κ1) is 12.8. The Labute approximate surface area is 104 Å². The Bertz CT molecular complexity index is 284. The molecule has 0 spiro atoms. The van der Waals surface area contributed by atoms with Gasteiger partial charge in [0.15, 0.2) is 0 Å². The van der Waals surface area contributed by atoms with E-state index in [4.69, 9.17) is 0 Å². The molecule has 1 atom stereocenters. The van der Waals surface area contributed by atoms with Crippen molar-refractivity contribution in [2.24, 2.45) is 0 Å². The van der Waals surface area contributed by atoms with E-state index in [0.29, 0.717) is 5.91 Å². The van der Waals surface area contributed by atoms with E-state index >= 15 is 0 Å². The van der Waals surface area contributed by atoms with Gasteiger partial charge in [0.05, 0.1) is 6.04 Å². The van der Waals surface area contributed by atoms with Gasteiger partial charge in [0, 0.05) is 38.3 Å². The standard InChI is InChI=1S/C13H25N3O/c1-11(15-9-6-14-7-10-15)12(17)16-8-4-5-13(16,2)3/h11,14H,4-10H2,1-3H3. The zero-order valence-electron chi connectivity index (χ0n) is 11.3. The maximum Gasteiger partial charge on any atom is 0.240 e. The predicted octanol–water partition coefficient (Wildman–Crippen LogP) is 0.681. The lowest BCUT2D eigenvalue weighted by Gasteiger charge is -2.38. The molecule has 2 fully saturated rings. The first-order valence-corrected chi connectivity index (χ1v) is 6.78. The van der Waals surface area contributed by atoms with Crippen molar-refractivity contribution in [3.05, 3.63) is 0 Å². The van der Waals surface area contributed by atoms with Crippen LogP contribution in [0.5, 0.6) is 0 Å². The predicted molar refractivity (Wildman–Crippen MR) is 68.9 cm³/mol. The number of likely N-dealkylation sites (tertiary alicyclic amines) is 1. The van der Waals surface area contributed by atoms with Crippen LogP contribution in [0.4, 0.5) is 0 Å². The van der Waals surface area contributed by atoms with E-state index in [1.165, 1.54) is 0 Å². The average molecular weight is 239 g/mol. The molecule has 2 rings (SSSR count). The molecule has 2 aliphatic rings. The molecule has 2 aliphatic heterocycles.